The van der Waals surface area contributed by atoms with Gasteiger partial charge in [0.05, 0.1) is 0 Å². The predicted octanol–water partition coefficient (Wildman–Crippen LogP) is 2.85. The molecule has 1 fully saturated rings. The second kappa shape index (κ2) is 2.87. The zero-order valence-electron chi connectivity index (χ0n) is 8.04. The van der Waals surface area contributed by atoms with Crippen LogP contribution >= 0.6 is 0 Å². The maximum absolute atomic E-state index is 12.5. The van der Waals surface area contributed by atoms with Crippen LogP contribution in [0.4, 0.5) is 13.2 Å². The van der Waals surface area contributed by atoms with Crippen molar-refractivity contribution >= 4 is 0 Å². The third-order valence-corrected chi connectivity index (χ3v) is 3.06. The topological polar surface area (TPSA) is 26.0 Å². The van der Waals surface area contributed by atoms with Gasteiger partial charge in [0.15, 0.2) is 0 Å². The van der Waals surface area contributed by atoms with E-state index < -0.39 is 11.7 Å². The second-order valence-electron chi connectivity index (χ2n) is 4.82. The first-order chi connectivity index (χ1) is 5.66. The van der Waals surface area contributed by atoms with Gasteiger partial charge in [0.1, 0.15) is 5.54 Å². The molecule has 0 amide bonds. The normalized spacial score (nSPS) is 27.2. The van der Waals surface area contributed by atoms with Gasteiger partial charge in [0.2, 0.25) is 0 Å². The third-order valence-electron chi connectivity index (χ3n) is 3.06. The second-order valence-corrected chi connectivity index (χ2v) is 4.82. The molecule has 13 heavy (non-hydrogen) atoms. The molecule has 0 aliphatic heterocycles. The quantitative estimate of drug-likeness (QED) is 0.632. The summed E-state index contributed by atoms with van der Waals surface area (Å²) in [5, 5.41) is 0. The Balaban J connectivity index is 2.68. The van der Waals surface area contributed by atoms with Crippen LogP contribution in [0.5, 0.6) is 0 Å². The zero-order valence-corrected chi connectivity index (χ0v) is 8.04. The van der Waals surface area contributed by atoms with Crippen molar-refractivity contribution in [2.75, 3.05) is 0 Å². The lowest BCUT2D eigenvalue weighted by Crippen LogP contribution is -2.56. The molecule has 0 spiro atoms. The number of rotatable bonds is 0. The lowest BCUT2D eigenvalue weighted by molar-refractivity contribution is -0.198. The molecule has 0 aromatic rings. The molecule has 0 aromatic carbocycles. The predicted molar refractivity (Wildman–Crippen MR) is 45.2 cm³/mol. The standard InChI is InChI=1S/C9H16F3N/c1-7(2)3-5-8(13,6-4-7)9(10,11)12/h3-6,13H2,1-2H3. The number of nitrogens with two attached hydrogens (primary N) is 1. The van der Waals surface area contributed by atoms with Crippen molar-refractivity contribution in [3.05, 3.63) is 0 Å². The molecule has 1 nitrogen and oxygen atoms in total. The molecule has 0 atom stereocenters. The Morgan fingerprint density at radius 2 is 1.38 bits per heavy atom. The molecule has 1 saturated carbocycles. The SMILES string of the molecule is CC1(C)CCC(N)(C(F)(F)F)CC1. The Morgan fingerprint density at radius 1 is 1.00 bits per heavy atom. The molecule has 0 saturated heterocycles. The largest absolute Gasteiger partial charge is 0.406 e. The summed E-state index contributed by atoms with van der Waals surface area (Å²) in [6.07, 6.45) is -3.01. The van der Waals surface area contributed by atoms with Gasteiger partial charge in [-0.3, -0.25) is 0 Å². The first-order valence-corrected chi connectivity index (χ1v) is 4.52. The van der Waals surface area contributed by atoms with Crippen LogP contribution in [0, 0.1) is 5.41 Å². The molecule has 0 radical (unpaired) electrons. The van der Waals surface area contributed by atoms with Gasteiger partial charge in [-0.2, -0.15) is 13.2 Å². The van der Waals surface area contributed by atoms with Crippen LogP contribution in [0.15, 0.2) is 0 Å². The molecule has 0 bridgehead atoms. The van der Waals surface area contributed by atoms with E-state index in [2.05, 4.69) is 0 Å². The monoisotopic (exact) mass is 195 g/mol. The van der Waals surface area contributed by atoms with E-state index in [4.69, 9.17) is 5.73 Å². The number of hydrogen-bond acceptors (Lipinski definition) is 1. The summed E-state index contributed by atoms with van der Waals surface area (Å²) in [5.41, 5.74) is 3.43. The molecule has 4 heteroatoms. The lowest BCUT2D eigenvalue weighted by atomic mass is 9.69. The van der Waals surface area contributed by atoms with Crippen molar-refractivity contribution in [2.24, 2.45) is 11.1 Å². The van der Waals surface area contributed by atoms with Crippen LogP contribution in [-0.2, 0) is 0 Å². The Morgan fingerprint density at radius 3 is 1.69 bits per heavy atom. The number of hydrogen-bond donors (Lipinski definition) is 1. The summed E-state index contributed by atoms with van der Waals surface area (Å²) < 4.78 is 37.4. The fraction of sp³-hybridized carbons (Fsp3) is 1.00. The minimum atomic E-state index is -4.25. The van der Waals surface area contributed by atoms with Crippen LogP contribution in [-0.4, -0.2) is 11.7 Å². The average molecular weight is 195 g/mol. The number of alkyl halides is 3. The van der Waals surface area contributed by atoms with Crippen LogP contribution in [0.3, 0.4) is 0 Å². The Bertz CT molecular complexity index is 186. The summed E-state index contributed by atoms with van der Waals surface area (Å²) in [6, 6.07) is 0. The minimum Gasteiger partial charge on any atom is -0.318 e. The molecule has 1 rings (SSSR count). The highest BCUT2D eigenvalue weighted by Crippen LogP contribution is 2.45. The fourth-order valence-electron chi connectivity index (χ4n) is 1.66. The van der Waals surface area contributed by atoms with Crippen LogP contribution in [0.1, 0.15) is 39.5 Å². The van der Waals surface area contributed by atoms with Gasteiger partial charge in [-0.1, -0.05) is 13.8 Å². The van der Waals surface area contributed by atoms with Gasteiger partial charge in [-0.15, -0.1) is 0 Å². The molecule has 0 unspecified atom stereocenters. The molecule has 78 valence electrons. The minimum absolute atomic E-state index is 0.0219. The van der Waals surface area contributed by atoms with Crippen LogP contribution < -0.4 is 5.73 Å². The van der Waals surface area contributed by atoms with E-state index in [9.17, 15) is 13.2 Å². The molecule has 1 aliphatic rings. The van der Waals surface area contributed by atoms with E-state index in [0.717, 1.165) is 0 Å². The zero-order chi connectivity index (χ0) is 10.3. The molecule has 0 heterocycles. The van der Waals surface area contributed by atoms with Crippen LogP contribution in [0.2, 0.25) is 0 Å². The highest BCUT2D eigenvalue weighted by atomic mass is 19.4. The molecular formula is C9H16F3N. The van der Waals surface area contributed by atoms with Gasteiger partial charge in [-0.05, 0) is 31.1 Å². The van der Waals surface area contributed by atoms with Gasteiger partial charge in [0, 0.05) is 0 Å². The number of halogens is 3. The Labute approximate surface area is 76.5 Å². The maximum Gasteiger partial charge on any atom is 0.406 e. The average Bonchev–Trinajstić information content (AvgIpc) is 1.94. The summed E-state index contributed by atoms with van der Waals surface area (Å²) in [6.45, 7) is 3.98. The van der Waals surface area contributed by atoms with E-state index in [-0.39, 0.29) is 18.3 Å². The van der Waals surface area contributed by atoms with Crippen molar-refractivity contribution in [2.45, 2.75) is 51.2 Å². The van der Waals surface area contributed by atoms with Crippen molar-refractivity contribution in [3.8, 4) is 0 Å². The Hall–Kier alpha value is -0.250. The van der Waals surface area contributed by atoms with Gasteiger partial charge in [0.25, 0.3) is 0 Å². The fourth-order valence-corrected chi connectivity index (χ4v) is 1.66. The van der Waals surface area contributed by atoms with E-state index in [1.165, 1.54) is 0 Å². The van der Waals surface area contributed by atoms with E-state index in [1.807, 2.05) is 13.8 Å². The molecule has 2 N–H and O–H groups in total. The molecule has 1 aliphatic carbocycles. The summed E-state index contributed by atoms with van der Waals surface area (Å²) >= 11 is 0. The van der Waals surface area contributed by atoms with Crippen molar-refractivity contribution in [3.63, 3.8) is 0 Å². The summed E-state index contributed by atoms with van der Waals surface area (Å²) in [7, 11) is 0. The van der Waals surface area contributed by atoms with E-state index in [0.29, 0.717) is 12.8 Å². The highest BCUT2D eigenvalue weighted by Gasteiger charge is 2.53. The maximum atomic E-state index is 12.5. The van der Waals surface area contributed by atoms with Crippen LogP contribution in [0.25, 0.3) is 0 Å². The van der Waals surface area contributed by atoms with E-state index in [1.54, 1.807) is 0 Å². The first-order valence-electron chi connectivity index (χ1n) is 4.52. The van der Waals surface area contributed by atoms with E-state index >= 15 is 0 Å². The Kier molecular flexibility index (Phi) is 2.39. The lowest BCUT2D eigenvalue weighted by Gasteiger charge is -2.41. The highest BCUT2D eigenvalue weighted by molar-refractivity contribution is 4.97. The van der Waals surface area contributed by atoms with Gasteiger partial charge < -0.3 is 5.73 Å². The molecular weight excluding hydrogens is 179 g/mol. The summed E-state index contributed by atoms with van der Waals surface area (Å²) in [4.78, 5) is 0. The smallest absolute Gasteiger partial charge is 0.318 e. The third kappa shape index (κ3) is 2.16. The van der Waals surface area contributed by atoms with Crippen molar-refractivity contribution in [1.82, 2.24) is 0 Å². The van der Waals surface area contributed by atoms with Gasteiger partial charge in [-0.25, -0.2) is 0 Å². The first kappa shape index (κ1) is 10.8. The van der Waals surface area contributed by atoms with Crippen molar-refractivity contribution < 1.29 is 13.2 Å². The molecule has 0 aromatic heterocycles. The summed E-state index contributed by atoms with van der Waals surface area (Å²) in [5.74, 6) is 0. The van der Waals surface area contributed by atoms with Gasteiger partial charge >= 0.3 is 6.18 Å². The van der Waals surface area contributed by atoms with Crippen molar-refractivity contribution in [1.29, 1.82) is 0 Å².